The molecule has 0 saturated heterocycles. The molecule has 1 N–H and O–H groups in total. The highest BCUT2D eigenvalue weighted by Gasteiger charge is 2.15. The van der Waals surface area contributed by atoms with Crippen molar-refractivity contribution in [1.82, 2.24) is 5.32 Å². The van der Waals surface area contributed by atoms with E-state index >= 15 is 0 Å². The van der Waals surface area contributed by atoms with E-state index in [1.54, 1.807) is 0 Å². The van der Waals surface area contributed by atoms with Crippen LogP contribution in [-0.2, 0) is 0 Å². The van der Waals surface area contributed by atoms with Gasteiger partial charge in [0.2, 0.25) is 0 Å². The van der Waals surface area contributed by atoms with Gasteiger partial charge in [-0.3, -0.25) is 4.79 Å². The molecule has 1 aromatic rings. The maximum absolute atomic E-state index is 11.8. The minimum absolute atomic E-state index is 0.0356. The van der Waals surface area contributed by atoms with Gasteiger partial charge in [0.1, 0.15) is 0 Å². The molecule has 2 atom stereocenters. The zero-order valence-corrected chi connectivity index (χ0v) is 11.6. The monoisotopic (exact) mass is 289 g/mol. The number of hydrogen-bond donors (Lipinski definition) is 1. The van der Waals surface area contributed by atoms with Gasteiger partial charge in [-0.1, -0.05) is 22.9 Å². The van der Waals surface area contributed by atoms with Crippen molar-refractivity contribution in [3.05, 3.63) is 21.9 Å². The van der Waals surface area contributed by atoms with Crippen LogP contribution in [0.1, 0.15) is 28.4 Å². The van der Waals surface area contributed by atoms with Gasteiger partial charge in [-0.2, -0.15) is 0 Å². The lowest BCUT2D eigenvalue weighted by atomic mass is 10.1. The molecular weight excluding hydrogens is 274 g/mol. The summed E-state index contributed by atoms with van der Waals surface area (Å²) in [7, 11) is 0. The van der Waals surface area contributed by atoms with Crippen LogP contribution in [0, 0.1) is 12.8 Å². The molecule has 2 unspecified atom stereocenters. The van der Waals surface area contributed by atoms with E-state index < -0.39 is 0 Å². The summed E-state index contributed by atoms with van der Waals surface area (Å²) in [5, 5.41) is 3.90. The van der Waals surface area contributed by atoms with Gasteiger partial charge in [-0.25, -0.2) is 0 Å². The van der Waals surface area contributed by atoms with Crippen LogP contribution in [0.25, 0.3) is 0 Å². The molecule has 0 aliphatic carbocycles. The average Bonchev–Trinajstić information content (AvgIpc) is 2.63. The maximum atomic E-state index is 11.8. The number of carbonyl (C=O) groups excluding carboxylic acids is 1. The molecule has 1 aromatic heterocycles. The molecule has 4 heteroatoms. The first-order valence-corrected chi connectivity index (χ1v) is 6.91. The van der Waals surface area contributed by atoms with E-state index in [1.807, 2.05) is 26.0 Å². The van der Waals surface area contributed by atoms with E-state index in [0.717, 1.165) is 10.2 Å². The lowest BCUT2D eigenvalue weighted by Gasteiger charge is -2.18. The Labute approximate surface area is 103 Å². The summed E-state index contributed by atoms with van der Waals surface area (Å²) in [6.07, 6.45) is 0. The predicted octanol–water partition coefficient (Wildman–Crippen LogP) is 3.21. The van der Waals surface area contributed by atoms with Crippen LogP contribution in [0.4, 0.5) is 0 Å². The SMILES string of the molecule is Cc1ccc(C(=O)NC(C)C(C)CBr)s1. The Morgan fingerprint density at radius 1 is 1.53 bits per heavy atom. The zero-order chi connectivity index (χ0) is 11.4. The third-order valence-electron chi connectivity index (χ3n) is 2.42. The van der Waals surface area contributed by atoms with Crippen LogP contribution in [0.15, 0.2) is 12.1 Å². The molecule has 0 saturated carbocycles. The first-order valence-electron chi connectivity index (χ1n) is 4.98. The third-order valence-corrected chi connectivity index (χ3v) is 4.44. The fourth-order valence-corrected chi connectivity index (χ4v) is 2.44. The number of halogens is 1. The van der Waals surface area contributed by atoms with Crippen LogP contribution in [-0.4, -0.2) is 17.3 Å². The first kappa shape index (κ1) is 12.7. The summed E-state index contributed by atoms with van der Waals surface area (Å²) < 4.78 is 0. The molecule has 0 radical (unpaired) electrons. The molecule has 2 nitrogen and oxygen atoms in total. The van der Waals surface area contributed by atoms with E-state index in [-0.39, 0.29) is 11.9 Å². The second-order valence-electron chi connectivity index (χ2n) is 3.80. The number of amides is 1. The Balaban J connectivity index is 2.56. The summed E-state index contributed by atoms with van der Waals surface area (Å²) in [5.74, 6) is 0.475. The largest absolute Gasteiger partial charge is 0.349 e. The number of carbonyl (C=O) groups is 1. The molecule has 0 fully saturated rings. The summed E-state index contributed by atoms with van der Waals surface area (Å²) in [5.41, 5.74) is 0. The number of alkyl halides is 1. The van der Waals surface area contributed by atoms with Crippen molar-refractivity contribution in [3.8, 4) is 0 Å². The van der Waals surface area contributed by atoms with Crippen molar-refractivity contribution in [2.24, 2.45) is 5.92 Å². The van der Waals surface area contributed by atoms with E-state index in [0.29, 0.717) is 5.92 Å². The number of rotatable bonds is 4. The van der Waals surface area contributed by atoms with Gasteiger partial charge in [-0.05, 0) is 31.9 Å². The average molecular weight is 290 g/mol. The molecular formula is C11H16BrNOS. The van der Waals surface area contributed by atoms with Crippen LogP contribution in [0.3, 0.4) is 0 Å². The molecule has 0 bridgehead atoms. The summed E-state index contributed by atoms with van der Waals surface area (Å²) >= 11 is 4.95. The molecule has 0 aliphatic heterocycles. The van der Waals surface area contributed by atoms with Gasteiger partial charge in [0.15, 0.2) is 0 Å². The molecule has 1 heterocycles. The van der Waals surface area contributed by atoms with Crippen LogP contribution >= 0.6 is 27.3 Å². The fraction of sp³-hybridized carbons (Fsp3) is 0.545. The van der Waals surface area contributed by atoms with E-state index in [9.17, 15) is 4.79 Å². The standard InChI is InChI=1S/C11H16BrNOS/c1-7(6-12)9(3)13-11(14)10-5-4-8(2)15-10/h4-5,7,9H,6H2,1-3H3,(H,13,14). The Bertz CT molecular complexity index is 337. The number of aryl methyl sites for hydroxylation is 1. The van der Waals surface area contributed by atoms with E-state index in [2.05, 4.69) is 28.2 Å². The third kappa shape index (κ3) is 3.61. The van der Waals surface area contributed by atoms with Gasteiger partial charge in [0, 0.05) is 16.2 Å². The van der Waals surface area contributed by atoms with Gasteiger partial charge in [0.25, 0.3) is 5.91 Å². The number of thiophene rings is 1. The topological polar surface area (TPSA) is 29.1 Å². The Morgan fingerprint density at radius 3 is 2.67 bits per heavy atom. The molecule has 0 aromatic carbocycles. The minimum atomic E-state index is 0.0356. The van der Waals surface area contributed by atoms with Gasteiger partial charge in [-0.15, -0.1) is 11.3 Å². The first-order chi connectivity index (χ1) is 7.04. The van der Waals surface area contributed by atoms with E-state index in [1.165, 1.54) is 16.2 Å². The van der Waals surface area contributed by atoms with Crippen molar-refractivity contribution in [3.63, 3.8) is 0 Å². The van der Waals surface area contributed by atoms with Crippen LogP contribution < -0.4 is 5.32 Å². The normalized spacial score (nSPS) is 14.7. The van der Waals surface area contributed by atoms with Crippen molar-refractivity contribution in [2.45, 2.75) is 26.8 Å². The Morgan fingerprint density at radius 2 is 2.20 bits per heavy atom. The quantitative estimate of drug-likeness (QED) is 0.848. The second-order valence-corrected chi connectivity index (χ2v) is 5.74. The van der Waals surface area contributed by atoms with Gasteiger partial charge < -0.3 is 5.32 Å². The second kappa shape index (κ2) is 5.66. The lowest BCUT2D eigenvalue weighted by molar-refractivity contribution is 0.0935. The minimum Gasteiger partial charge on any atom is -0.349 e. The number of hydrogen-bond acceptors (Lipinski definition) is 2. The molecule has 84 valence electrons. The van der Waals surface area contributed by atoms with Crippen molar-refractivity contribution in [1.29, 1.82) is 0 Å². The number of nitrogens with one attached hydrogen (secondary N) is 1. The molecule has 0 aliphatic rings. The van der Waals surface area contributed by atoms with Crippen molar-refractivity contribution < 1.29 is 4.79 Å². The van der Waals surface area contributed by atoms with Gasteiger partial charge >= 0.3 is 0 Å². The van der Waals surface area contributed by atoms with Crippen LogP contribution in [0.5, 0.6) is 0 Å². The van der Waals surface area contributed by atoms with Crippen molar-refractivity contribution >= 4 is 33.2 Å². The molecule has 1 rings (SSSR count). The highest BCUT2D eigenvalue weighted by molar-refractivity contribution is 9.09. The van der Waals surface area contributed by atoms with Crippen molar-refractivity contribution in [2.75, 3.05) is 5.33 Å². The summed E-state index contributed by atoms with van der Waals surface area (Å²) in [6, 6.07) is 4.04. The maximum Gasteiger partial charge on any atom is 0.261 e. The smallest absolute Gasteiger partial charge is 0.261 e. The molecule has 15 heavy (non-hydrogen) atoms. The molecule has 1 amide bonds. The zero-order valence-electron chi connectivity index (χ0n) is 9.21. The van der Waals surface area contributed by atoms with Crippen LogP contribution in [0.2, 0.25) is 0 Å². The lowest BCUT2D eigenvalue weighted by Crippen LogP contribution is -2.37. The highest BCUT2D eigenvalue weighted by Crippen LogP contribution is 2.15. The summed E-state index contributed by atoms with van der Waals surface area (Å²) in [4.78, 5) is 13.7. The fourth-order valence-electron chi connectivity index (χ4n) is 1.11. The van der Waals surface area contributed by atoms with E-state index in [4.69, 9.17) is 0 Å². The molecule has 0 spiro atoms. The van der Waals surface area contributed by atoms with Gasteiger partial charge in [0.05, 0.1) is 4.88 Å². The Kier molecular flexibility index (Phi) is 4.80. The summed E-state index contributed by atoms with van der Waals surface area (Å²) in [6.45, 7) is 6.15. The Hall–Kier alpha value is -0.350. The predicted molar refractivity (Wildman–Crippen MR) is 68.9 cm³/mol. The highest BCUT2D eigenvalue weighted by atomic mass is 79.9.